The van der Waals surface area contributed by atoms with Gasteiger partial charge in [0.2, 0.25) is 0 Å². The molecule has 0 bridgehead atoms. The maximum Gasteiger partial charge on any atom is 0.303 e. The van der Waals surface area contributed by atoms with Gasteiger partial charge in [0.1, 0.15) is 5.60 Å². The van der Waals surface area contributed by atoms with Gasteiger partial charge in [0, 0.05) is 6.92 Å². The third kappa shape index (κ3) is 6.46. The van der Waals surface area contributed by atoms with Crippen molar-refractivity contribution < 1.29 is 9.53 Å². The van der Waals surface area contributed by atoms with Crippen LogP contribution in [0.3, 0.4) is 0 Å². The molecule has 0 aromatic heterocycles. The van der Waals surface area contributed by atoms with Crippen LogP contribution in [0.1, 0.15) is 40.5 Å². The highest BCUT2D eigenvalue weighted by atomic mass is 16.6. The van der Waals surface area contributed by atoms with Crippen molar-refractivity contribution >= 4 is 5.97 Å². The fourth-order valence-corrected chi connectivity index (χ4v) is 1.17. The molecule has 0 N–H and O–H groups in total. The lowest BCUT2D eigenvalue weighted by Gasteiger charge is -2.23. The van der Waals surface area contributed by atoms with Gasteiger partial charge >= 0.3 is 5.97 Å². The van der Waals surface area contributed by atoms with Crippen molar-refractivity contribution in [2.75, 3.05) is 0 Å². The number of hydrogen-bond donors (Lipinski definition) is 0. The summed E-state index contributed by atoms with van der Waals surface area (Å²) in [5, 5.41) is 0. The fraction of sp³-hybridized carbons (Fsp3) is 0.583. The van der Waals surface area contributed by atoms with Gasteiger partial charge in [0.25, 0.3) is 0 Å². The smallest absolute Gasteiger partial charge is 0.303 e. The Balaban J connectivity index is 3.99. The second-order valence-electron chi connectivity index (χ2n) is 4.04. The van der Waals surface area contributed by atoms with Crippen molar-refractivity contribution in [1.82, 2.24) is 0 Å². The van der Waals surface area contributed by atoms with Gasteiger partial charge in [-0.3, -0.25) is 4.79 Å². The Morgan fingerprint density at radius 2 is 2.00 bits per heavy atom. The summed E-state index contributed by atoms with van der Waals surface area (Å²) in [5.41, 5.74) is 0.785. The van der Waals surface area contributed by atoms with E-state index in [4.69, 9.17) is 4.74 Å². The zero-order chi connectivity index (χ0) is 11.2. The van der Waals surface area contributed by atoms with Crippen LogP contribution in [0.2, 0.25) is 0 Å². The van der Waals surface area contributed by atoms with Crippen LogP contribution in [0.15, 0.2) is 24.3 Å². The average Bonchev–Trinajstić information content (AvgIpc) is 2.01. The molecular weight excluding hydrogens is 176 g/mol. The zero-order valence-electron chi connectivity index (χ0n) is 9.59. The molecule has 0 aliphatic rings. The lowest BCUT2D eigenvalue weighted by Crippen LogP contribution is -2.26. The minimum absolute atomic E-state index is 0.223. The second kappa shape index (κ2) is 5.63. The van der Waals surface area contributed by atoms with Crippen molar-refractivity contribution in [3.8, 4) is 0 Å². The number of carbonyl (C=O) groups excluding carboxylic acids is 1. The summed E-state index contributed by atoms with van der Waals surface area (Å²) in [5.74, 6) is -0.223. The monoisotopic (exact) mass is 196 g/mol. The van der Waals surface area contributed by atoms with Crippen molar-refractivity contribution in [2.24, 2.45) is 0 Å². The molecule has 0 unspecified atom stereocenters. The maximum absolute atomic E-state index is 10.8. The van der Waals surface area contributed by atoms with Crippen LogP contribution < -0.4 is 0 Å². The van der Waals surface area contributed by atoms with Crippen LogP contribution in [-0.4, -0.2) is 11.6 Å². The van der Waals surface area contributed by atoms with Gasteiger partial charge in [-0.1, -0.05) is 24.3 Å². The highest BCUT2D eigenvalue weighted by Crippen LogP contribution is 2.17. The molecule has 0 fully saturated rings. The van der Waals surface area contributed by atoms with Crippen LogP contribution >= 0.6 is 0 Å². The van der Waals surface area contributed by atoms with Gasteiger partial charge in [-0.05, 0) is 33.6 Å². The molecule has 0 aromatic rings. The van der Waals surface area contributed by atoms with Crippen LogP contribution in [0.4, 0.5) is 0 Å². The summed E-state index contributed by atoms with van der Waals surface area (Å²) < 4.78 is 5.16. The number of rotatable bonds is 5. The number of carbonyl (C=O) groups is 1. The van der Waals surface area contributed by atoms with E-state index in [9.17, 15) is 4.79 Å². The largest absolute Gasteiger partial charge is 0.460 e. The predicted molar refractivity (Wildman–Crippen MR) is 59.0 cm³/mol. The maximum atomic E-state index is 10.8. The summed E-state index contributed by atoms with van der Waals surface area (Å²) in [6.45, 7) is 11.0. The molecule has 0 aromatic carbocycles. The van der Waals surface area contributed by atoms with Gasteiger partial charge in [0.15, 0.2) is 0 Å². The predicted octanol–water partition coefficient (Wildman–Crippen LogP) is 3.24. The summed E-state index contributed by atoms with van der Waals surface area (Å²) >= 11 is 0. The lowest BCUT2D eigenvalue weighted by molar-refractivity contribution is -0.154. The Kier molecular flexibility index (Phi) is 5.21. The molecule has 0 amide bonds. The first-order chi connectivity index (χ1) is 6.37. The molecule has 14 heavy (non-hydrogen) atoms. The Labute approximate surface area is 86.6 Å². The van der Waals surface area contributed by atoms with Crippen LogP contribution in [-0.2, 0) is 9.53 Å². The molecule has 0 rings (SSSR count). The van der Waals surface area contributed by atoms with E-state index >= 15 is 0 Å². The van der Waals surface area contributed by atoms with Gasteiger partial charge < -0.3 is 4.74 Å². The van der Waals surface area contributed by atoms with Gasteiger partial charge in [-0.15, -0.1) is 0 Å². The summed E-state index contributed by atoms with van der Waals surface area (Å²) in [4.78, 5) is 10.8. The number of esters is 1. The fourth-order valence-electron chi connectivity index (χ4n) is 1.17. The number of hydrogen-bond acceptors (Lipinski definition) is 2. The van der Waals surface area contributed by atoms with E-state index < -0.39 is 0 Å². The van der Waals surface area contributed by atoms with E-state index in [2.05, 4.69) is 12.7 Å². The van der Waals surface area contributed by atoms with Crippen molar-refractivity contribution in [3.63, 3.8) is 0 Å². The van der Waals surface area contributed by atoms with Crippen LogP contribution in [0, 0.1) is 0 Å². The van der Waals surface area contributed by atoms with Crippen molar-refractivity contribution in [3.05, 3.63) is 24.3 Å². The van der Waals surface area contributed by atoms with E-state index in [0.717, 1.165) is 18.4 Å². The highest BCUT2D eigenvalue weighted by Gasteiger charge is 2.19. The zero-order valence-corrected chi connectivity index (χ0v) is 9.59. The molecule has 2 heteroatoms. The van der Waals surface area contributed by atoms with Crippen molar-refractivity contribution in [2.45, 2.75) is 46.1 Å². The molecule has 0 heterocycles. The molecule has 2 nitrogen and oxygen atoms in total. The van der Waals surface area contributed by atoms with E-state index in [1.165, 1.54) is 6.92 Å². The average molecular weight is 196 g/mol. The first-order valence-corrected chi connectivity index (χ1v) is 4.86. The Morgan fingerprint density at radius 1 is 1.43 bits per heavy atom. The van der Waals surface area contributed by atoms with Gasteiger partial charge in [0.05, 0.1) is 0 Å². The quantitative estimate of drug-likeness (QED) is 0.498. The van der Waals surface area contributed by atoms with E-state index in [-0.39, 0.29) is 11.6 Å². The first kappa shape index (κ1) is 12.9. The molecule has 0 aliphatic carbocycles. The summed E-state index contributed by atoms with van der Waals surface area (Å²) in [6.07, 6.45) is 5.65. The highest BCUT2D eigenvalue weighted by molar-refractivity contribution is 5.66. The van der Waals surface area contributed by atoms with Gasteiger partial charge in [-0.2, -0.15) is 0 Å². The summed E-state index contributed by atoms with van der Waals surface area (Å²) in [7, 11) is 0. The molecule has 0 spiro atoms. The van der Waals surface area contributed by atoms with Crippen LogP contribution in [0.25, 0.3) is 0 Å². The standard InChI is InChI=1S/C12H20O2/c1-6-10(2)8-7-9-12(4,5)14-11(3)13/h6,8H,1,7,9H2,2-5H3. The summed E-state index contributed by atoms with van der Waals surface area (Å²) in [6, 6.07) is 0. The SMILES string of the molecule is C=CC(C)=CCCC(C)(C)OC(C)=O. The normalized spacial score (nSPS) is 12.4. The van der Waals surface area contributed by atoms with Crippen LogP contribution in [0.5, 0.6) is 0 Å². The topological polar surface area (TPSA) is 26.3 Å². The lowest BCUT2D eigenvalue weighted by atomic mass is 10.0. The minimum Gasteiger partial charge on any atom is -0.460 e. The third-order valence-electron chi connectivity index (χ3n) is 1.95. The first-order valence-electron chi connectivity index (χ1n) is 4.86. The minimum atomic E-state index is -0.371. The number of allylic oxidation sites excluding steroid dienone is 3. The van der Waals surface area contributed by atoms with Crippen molar-refractivity contribution in [1.29, 1.82) is 0 Å². The van der Waals surface area contributed by atoms with E-state index in [1.807, 2.05) is 26.8 Å². The Morgan fingerprint density at radius 3 is 2.43 bits per heavy atom. The molecule has 80 valence electrons. The molecule has 0 aliphatic heterocycles. The number of ether oxygens (including phenoxy) is 1. The molecule has 0 atom stereocenters. The molecular formula is C12H20O2. The van der Waals surface area contributed by atoms with E-state index in [0.29, 0.717) is 0 Å². The Bertz CT molecular complexity index is 237. The third-order valence-corrected chi connectivity index (χ3v) is 1.95. The Hall–Kier alpha value is -1.05. The second-order valence-corrected chi connectivity index (χ2v) is 4.04. The van der Waals surface area contributed by atoms with Gasteiger partial charge in [-0.25, -0.2) is 0 Å². The molecule has 0 saturated heterocycles. The van der Waals surface area contributed by atoms with E-state index in [1.54, 1.807) is 0 Å². The molecule has 0 radical (unpaired) electrons. The molecule has 0 saturated carbocycles.